The van der Waals surface area contributed by atoms with Gasteiger partial charge in [-0.2, -0.15) is 0 Å². The average Bonchev–Trinajstić information content (AvgIpc) is 3.27. The van der Waals surface area contributed by atoms with Gasteiger partial charge in [0.1, 0.15) is 0 Å². The van der Waals surface area contributed by atoms with Crippen LogP contribution in [0.15, 0.2) is 65.1 Å². The smallest absolute Gasteiger partial charge is 0.195 e. The maximum Gasteiger partial charge on any atom is 0.195 e. The highest BCUT2D eigenvalue weighted by molar-refractivity contribution is 7.14. The van der Waals surface area contributed by atoms with Crippen molar-refractivity contribution in [2.24, 2.45) is 10.7 Å². The van der Waals surface area contributed by atoms with Gasteiger partial charge in [-0.1, -0.05) is 42.0 Å². The summed E-state index contributed by atoms with van der Waals surface area (Å²) in [6.07, 6.45) is 2.00. The molecule has 5 nitrogen and oxygen atoms in total. The van der Waals surface area contributed by atoms with E-state index in [9.17, 15) is 0 Å². The number of fused-ring (bicyclic) bond motifs is 1. The SMILES string of the molecule is Cc1ccc2[nH]cc(-c3csc(NC(N)=NCc4ccccc4)n3)c2c1. The molecule has 26 heavy (non-hydrogen) atoms. The molecule has 0 aliphatic rings. The van der Waals surface area contributed by atoms with Crippen molar-refractivity contribution in [1.82, 2.24) is 9.97 Å². The van der Waals surface area contributed by atoms with Crippen molar-refractivity contribution < 1.29 is 0 Å². The Hall–Kier alpha value is -3.12. The number of benzene rings is 2. The minimum atomic E-state index is 0.365. The van der Waals surface area contributed by atoms with Crippen LogP contribution in [0.25, 0.3) is 22.2 Å². The number of aryl methyl sites for hydroxylation is 1. The molecule has 4 aromatic rings. The van der Waals surface area contributed by atoms with Crippen LogP contribution in [-0.4, -0.2) is 15.9 Å². The van der Waals surface area contributed by atoms with E-state index in [1.165, 1.54) is 22.3 Å². The summed E-state index contributed by atoms with van der Waals surface area (Å²) < 4.78 is 0. The number of thiazole rings is 1. The number of hydrogen-bond donors (Lipinski definition) is 3. The molecule has 2 aromatic carbocycles. The first-order valence-electron chi connectivity index (χ1n) is 8.33. The Labute approximate surface area is 155 Å². The molecular weight excluding hydrogens is 342 g/mol. The van der Waals surface area contributed by atoms with Crippen LogP contribution in [0.1, 0.15) is 11.1 Å². The lowest BCUT2D eigenvalue weighted by molar-refractivity contribution is 1.06. The van der Waals surface area contributed by atoms with E-state index in [1.807, 2.05) is 41.9 Å². The number of nitrogens with two attached hydrogens (primary N) is 1. The zero-order valence-electron chi connectivity index (χ0n) is 14.4. The monoisotopic (exact) mass is 361 g/mol. The van der Waals surface area contributed by atoms with Crippen molar-refractivity contribution in [3.63, 3.8) is 0 Å². The number of aromatic nitrogens is 2. The first kappa shape index (κ1) is 16.4. The first-order chi connectivity index (χ1) is 12.7. The van der Waals surface area contributed by atoms with Gasteiger partial charge < -0.3 is 16.0 Å². The van der Waals surface area contributed by atoms with Crippen LogP contribution in [0.4, 0.5) is 5.13 Å². The first-order valence-corrected chi connectivity index (χ1v) is 9.21. The lowest BCUT2D eigenvalue weighted by Gasteiger charge is -2.02. The number of rotatable bonds is 4. The molecule has 0 saturated carbocycles. The molecule has 0 saturated heterocycles. The minimum absolute atomic E-state index is 0.365. The Balaban J connectivity index is 1.51. The molecule has 0 bridgehead atoms. The van der Waals surface area contributed by atoms with Crippen LogP contribution in [0.2, 0.25) is 0 Å². The fourth-order valence-corrected chi connectivity index (χ4v) is 3.53. The Morgan fingerprint density at radius 2 is 2.08 bits per heavy atom. The Morgan fingerprint density at radius 3 is 2.92 bits per heavy atom. The van der Waals surface area contributed by atoms with Crippen LogP contribution < -0.4 is 11.1 Å². The molecule has 0 aliphatic carbocycles. The van der Waals surface area contributed by atoms with Crippen LogP contribution in [0, 0.1) is 6.92 Å². The van der Waals surface area contributed by atoms with Gasteiger partial charge in [0.2, 0.25) is 0 Å². The highest BCUT2D eigenvalue weighted by Crippen LogP contribution is 2.31. The zero-order chi connectivity index (χ0) is 17.9. The fraction of sp³-hybridized carbons (Fsp3) is 0.100. The highest BCUT2D eigenvalue weighted by Gasteiger charge is 2.10. The van der Waals surface area contributed by atoms with Crippen LogP contribution in [0.5, 0.6) is 0 Å². The van der Waals surface area contributed by atoms with Gasteiger partial charge in [0, 0.05) is 28.0 Å². The molecule has 0 fully saturated rings. The maximum absolute atomic E-state index is 5.99. The van der Waals surface area contributed by atoms with Crippen molar-refractivity contribution >= 4 is 33.3 Å². The molecule has 130 valence electrons. The molecule has 2 aromatic heterocycles. The van der Waals surface area contributed by atoms with E-state index in [1.54, 1.807) is 0 Å². The van der Waals surface area contributed by atoms with Crippen molar-refractivity contribution in [3.05, 3.63) is 71.2 Å². The summed E-state index contributed by atoms with van der Waals surface area (Å²) in [6, 6.07) is 16.4. The van der Waals surface area contributed by atoms with Gasteiger partial charge in [-0.05, 0) is 24.6 Å². The largest absolute Gasteiger partial charge is 0.370 e. The predicted octanol–water partition coefficient (Wildman–Crippen LogP) is 4.53. The third-order valence-corrected chi connectivity index (χ3v) is 4.88. The second kappa shape index (κ2) is 7.01. The maximum atomic E-state index is 5.99. The van der Waals surface area contributed by atoms with E-state index in [4.69, 9.17) is 5.73 Å². The summed E-state index contributed by atoms with van der Waals surface area (Å²) in [5.74, 6) is 0.365. The molecule has 0 aliphatic heterocycles. The Kier molecular flexibility index (Phi) is 4.41. The fourth-order valence-electron chi connectivity index (χ4n) is 2.81. The molecule has 4 rings (SSSR count). The summed E-state index contributed by atoms with van der Waals surface area (Å²) in [5.41, 5.74) is 11.5. The van der Waals surface area contributed by atoms with Gasteiger partial charge in [0.25, 0.3) is 0 Å². The second-order valence-corrected chi connectivity index (χ2v) is 6.96. The van der Waals surface area contributed by atoms with E-state index in [0.717, 1.165) is 27.5 Å². The van der Waals surface area contributed by atoms with E-state index >= 15 is 0 Å². The van der Waals surface area contributed by atoms with Gasteiger partial charge >= 0.3 is 0 Å². The summed E-state index contributed by atoms with van der Waals surface area (Å²) in [7, 11) is 0. The molecule has 0 amide bonds. The second-order valence-electron chi connectivity index (χ2n) is 6.10. The predicted molar refractivity (Wildman–Crippen MR) is 110 cm³/mol. The Morgan fingerprint density at radius 1 is 1.23 bits per heavy atom. The number of nitrogens with zero attached hydrogens (tertiary/aromatic N) is 2. The number of aliphatic imine (C=N–C) groups is 1. The molecule has 4 N–H and O–H groups in total. The average molecular weight is 361 g/mol. The van der Waals surface area contributed by atoms with Crippen LogP contribution >= 0.6 is 11.3 Å². The number of guanidine groups is 1. The third-order valence-electron chi connectivity index (χ3n) is 4.13. The van der Waals surface area contributed by atoms with Crippen LogP contribution in [-0.2, 0) is 6.54 Å². The lowest BCUT2D eigenvalue weighted by atomic mass is 10.1. The molecule has 0 unspecified atom stereocenters. The van der Waals surface area contributed by atoms with E-state index < -0.39 is 0 Å². The number of hydrogen-bond acceptors (Lipinski definition) is 3. The van der Waals surface area contributed by atoms with E-state index in [0.29, 0.717) is 12.5 Å². The quantitative estimate of drug-likeness (QED) is 0.369. The molecule has 0 spiro atoms. The number of H-pyrrole nitrogens is 1. The normalized spacial score (nSPS) is 11.8. The number of anilines is 1. The van der Waals surface area contributed by atoms with Gasteiger partial charge in [-0.3, -0.25) is 0 Å². The third kappa shape index (κ3) is 3.45. The van der Waals surface area contributed by atoms with Gasteiger partial charge in [0.05, 0.1) is 12.2 Å². The van der Waals surface area contributed by atoms with E-state index in [2.05, 4.69) is 45.4 Å². The highest BCUT2D eigenvalue weighted by atomic mass is 32.1. The molecule has 2 heterocycles. The van der Waals surface area contributed by atoms with Crippen molar-refractivity contribution in [3.8, 4) is 11.3 Å². The van der Waals surface area contributed by atoms with Crippen molar-refractivity contribution in [2.45, 2.75) is 13.5 Å². The topological polar surface area (TPSA) is 79.1 Å². The number of nitrogens with one attached hydrogen (secondary N) is 2. The summed E-state index contributed by atoms with van der Waals surface area (Å²) in [6.45, 7) is 2.63. The summed E-state index contributed by atoms with van der Waals surface area (Å²) in [4.78, 5) is 12.3. The molecular formula is C20H19N5S. The molecule has 6 heteroatoms. The van der Waals surface area contributed by atoms with Crippen molar-refractivity contribution in [2.75, 3.05) is 5.32 Å². The Bertz CT molecular complexity index is 1060. The van der Waals surface area contributed by atoms with E-state index in [-0.39, 0.29) is 0 Å². The molecule has 0 radical (unpaired) electrons. The number of aromatic amines is 1. The minimum Gasteiger partial charge on any atom is -0.370 e. The standard InChI is InChI=1S/C20H19N5S/c1-13-7-8-17-15(9-13)16(11-22-17)18-12-26-20(24-18)25-19(21)23-10-14-5-3-2-4-6-14/h2-9,11-12,22H,10H2,1H3,(H3,21,23,24,25). The summed E-state index contributed by atoms with van der Waals surface area (Å²) >= 11 is 1.51. The van der Waals surface area contributed by atoms with Gasteiger partial charge in [-0.15, -0.1) is 11.3 Å². The van der Waals surface area contributed by atoms with Gasteiger partial charge in [0.15, 0.2) is 11.1 Å². The molecule has 0 atom stereocenters. The zero-order valence-corrected chi connectivity index (χ0v) is 15.2. The summed E-state index contributed by atoms with van der Waals surface area (Å²) in [5, 5.41) is 7.01. The van der Waals surface area contributed by atoms with Crippen molar-refractivity contribution in [1.29, 1.82) is 0 Å². The van der Waals surface area contributed by atoms with Crippen LogP contribution in [0.3, 0.4) is 0 Å². The van der Waals surface area contributed by atoms with Gasteiger partial charge in [-0.25, -0.2) is 9.98 Å². The lowest BCUT2D eigenvalue weighted by Crippen LogP contribution is -2.22.